The molecule has 5 heteroatoms. The highest BCUT2D eigenvalue weighted by molar-refractivity contribution is 5.82. The smallest absolute Gasteiger partial charge is 0.328 e. The van der Waals surface area contributed by atoms with Gasteiger partial charge in [-0.3, -0.25) is 4.79 Å². The number of ether oxygens (including phenoxy) is 1. The molecule has 5 nitrogen and oxygen atoms in total. The second-order valence-corrected chi connectivity index (χ2v) is 2.46. The number of aliphatic carboxylic acids is 1. The number of amides is 1. The Labute approximate surface area is 70.7 Å². The molecule has 0 saturated heterocycles. The highest BCUT2D eigenvalue weighted by Crippen LogP contribution is 1.97. The van der Waals surface area contributed by atoms with E-state index in [4.69, 9.17) is 9.84 Å². The summed E-state index contributed by atoms with van der Waals surface area (Å²) in [4.78, 5) is 21.1. The Balaban J connectivity index is 4.22. The van der Waals surface area contributed by atoms with Gasteiger partial charge in [-0.2, -0.15) is 0 Å². The molecule has 0 aliphatic heterocycles. The van der Waals surface area contributed by atoms with Gasteiger partial charge in [0.25, 0.3) is 0 Å². The van der Waals surface area contributed by atoms with Crippen LogP contribution in [0.25, 0.3) is 0 Å². The fourth-order valence-corrected chi connectivity index (χ4v) is 0.735. The average molecular weight is 175 g/mol. The van der Waals surface area contributed by atoms with Gasteiger partial charge in [-0.05, 0) is 6.92 Å². The van der Waals surface area contributed by atoms with E-state index < -0.39 is 18.1 Å². The quantitative estimate of drug-likeness (QED) is 0.610. The zero-order valence-corrected chi connectivity index (χ0v) is 7.33. The topological polar surface area (TPSA) is 75.6 Å². The number of carboxylic acid groups (broad SMARTS) is 1. The minimum Gasteiger partial charge on any atom is -0.480 e. The fraction of sp³-hybridized carbons (Fsp3) is 0.714. The molecule has 0 spiro atoms. The Morgan fingerprint density at radius 3 is 2.25 bits per heavy atom. The van der Waals surface area contributed by atoms with E-state index in [-0.39, 0.29) is 5.91 Å². The maximum Gasteiger partial charge on any atom is 0.328 e. The molecular formula is C7H13NO4. The van der Waals surface area contributed by atoms with E-state index >= 15 is 0 Å². The predicted octanol–water partition coefficient (Wildman–Crippen LogP) is -0.389. The third kappa shape index (κ3) is 3.34. The van der Waals surface area contributed by atoms with Crippen molar-refractivity contribution in [3.8, 4) is 0 Å². The van der Waals surface area contributed by atoms with Crippen molar-refractivity contribution in [2.45, 2.75) is 26.0 Å². The highest BCUT2D eigenvalue weighted by atomic mass is 16.5. The predicted molar refractivity (Wildman–Crippen MR) is 41.7 cm³/mol. The van der Waals surface area contributed by atoms with Crippen LogP contribution in [0.4, 0.5) is 0 Å². The van der Waals surface area contributed by atoms with Gasteiger partial charge >= 0.3 is 5.97 Å². The summed E-state index contributed by atoms with van der Waals surface area (Å²) in [6, 6.07) is -0.979. The third-order valence-corrected chi connectivity index (χ3v) is 1.47. The van der Waals surface area contributed by atoms with Crippen LogP contribution < -0.4 is 5.32 Å². The maximum absolute atomic E-state index is 10.5. The molecule has 2 unspecified atom stereocenters. The summed E-state index contributed by atoms with van der Waals surface area (Å²) >= 11 is 0. The van der Waals surface area contributed by atoms with Crippen LogP contribution in [0.1, 0.15) is 13.8 Å². The number of carboxylic acids is 1. The Hall–Kier alpha value is -1.10. The van der Waals surface area contributed by atoms with Gasteiger partial charge in [-0.1, -0.05) is 0 Å². The van der Waals surface area contributed by atoms with Crippen LogP contribution in [-0.4, -0.2) is 36.2 Å². The molecular weight excluding hydrogens is 162 g/mol. The van der Waals surface area contributed by atoms with Crippen LogP contribution in [0, 0.1) is 0 Å². The molecule has 0 aliphatic rings. The van der Waals surface area contributed by atoms with Crippen LogP contribution in [0.3, 0.4) is 0 Å². The molecule has 1 amide bonds. The second kappa shape index (κ2) is 4.71. The zero-order chi connectivity index (χ0) is 9.72. The second-order valence-electron chi connectivity index (χ2n) is 2.46. The molecule has 0 radical (unpaired) electrons. The number of rotatable bonds is 4. The Bertz CT molecular complexity index is 180. The minimum atomic E-state index is -1.10. The molecule has 0 aromatic heterocycles. The van der Waals surface area contributed by atoms with Gasteiger partial charge in [0.2, 0.25) is 5.91 Å². The van der Waals surface area contributed by atoms with E-state index in [2.05, 4.69) is 5.32 Å². The van der Waals surface area contributed by atoms with Crippen molar-refractivity contribution in [1.29, 1.82) is 0 Å². The van der Waals surface area contributed by atoms with Crippen molar-refractivity contribution in [2.75, 3.05) is 7.11 Å². The summed E-state index contributed by atoms with van der Waals surface area (Å²) in [5.41, 5.74) is 0. The van der Waals surface area contributed by atoms with Crippen LogP contribution in [0.2, 0.25) is 0 Å². The van der Waals surface area contributed by atoms with Crippen molar-refractivity contribution in [3.63, 3.8) is 0 Å². The van der Waals surface area contributed by atoms with Crippen LogP contribution in [-0.2, 0) is 14.3 Å². The van der Waals surface area contributed by atoms with E-state index in [9.17, 15) is 9.59 Å². The summed E-state index contributed by atoms with van der Waals surface area (Å²) < 4.78 is 4.78. The Kier molecular flexibility index (Phi) is 4.28. The molecule has 0 saturated carbocycles. The SMILES string of the molecule is COC(C)C(NC(C)=O)C(=O)O. The van der Waals surface area contributed by atoms with Crippen molar-refractivity contribution in [3.05, 3.63) is 0 Å². The van der Waals surface area contributed by atoms with Gasteiger partial charge in [0, 0.05) is 14.0 Å². The van der Waals surface area contributed by atoms with Crippen LogP contribution in [0.5, 0.6) is 0 Å². The monoisotopic (exact) mass is 175 g/mol. The van der Waals surface area contributed by atoms with Crippen LogP contribution in [0.15, 0.2) is 0 Å². The molecule has 0 aromatic carbocycles. The molecule has 2 N–H and O–H groups in total. The number of carbonyl (C=O) groups is 2. The lowest BCUT2D eigenvalue weighted by Gasteiger charge is -2.18. The highest BCUT2D eigenvalue weighted by Gasteiger charge is 2.24. The van der Waals surface area contributed by atoms with Gasteiger partial charge in [0.1, 0.15) is 0 Å². The first-order chi connectivity index (χ1) is 5.49. The first kappa shape index (κ1) is 10.9. The molecule has 0 rings (SSSR count). The summed E-state index contributed by atoms with van der Waals surface area (Å²) in [7, 11) is 1.39. The third-order valence-electron chi connectivity index (χ3n) is 1.47. The number of methoxy groups -OCH3 is 1. The van der Waals surface area contributed by atoms with Crippen molar-refractivity contribution < 1.29 is 19.4 Å². The number of carbonyl (C=O) groups excluding carboxylic acids is 1. The van der Waals surface area contributed by atoms with Gasteiger partial charge in [0.15, 0.2) is 6.04 Å². The molecule has 0 heterocycles. The Morgan fingerprint density at radius 1 is 1.50 bits per heavy atom. The van der Waals surface area contributed by atoms with E-state index in [1.54, 1.807) is 6.92 Å². The summed E-state index contributed by atoms with van der Waals surface area (Å²) in [5, 5.41) is 10.9. The number of hydrogen-bond donors (Lipinski definition) is 2. The van der Waals surface area contributed by atoms with Crippen molar-refractivity contribution in [1.82, 2.24) is 5.32 Å². The largest absolute Gasteiger partial charge is 0.480 e. The van der Waals surface area contributed by atoms with E-state index in [1.165, 1.54) is 14.0 Å². The molecule has 0 bridgehead atoms. The van der Waals surface area contributed by atoms with E-state index in [0.29, 0.717) is 0 Å². The lowest BCUT2D eigenvalue weighted by molar-refractivity contribution is -0.145. The number of nitrogens with one attached hydrogen (secondary N) is 1. The molecule has 12 heavy (non-hydrogen) atoms. The standard InChI is InChI=1S/C7H13NO4/c1-4(12-3)6(7(10)11)8-5(2)9/h4,6H,1-3H3,(H,8,9)(H,10,11). The van der Waals surface area contributed by atoms with E-state index in [1.807, 2.05) is 0 Å². The molecule has 70 valence electrons. The van der Waals surface area contributed by atoms with Crippen molar-refractivity contribution >= 4 is 11.9 Å². The Morgan fingerprint density at radius 2 is 2.00 bits per heavy atom. The van der Waals surface area contributed by atoms with Gasteiger partial charge in [-0.25, -0.2) is 4.79 Å². The molecule has 2 atom stereocenters. The molecule has 0 aliphatic carbocycles. The van der Waals surface area contributed by atoms with E-state index in [0.717, 1.165) is 0 Å². The first-order valence-corrected chi connectivity index (χ1v) is 3.51. The van der Waals surface area contributed by atoms with Gasteiger partial charge in [-0.15, -0.1) is 0 Å². The summed E-state index contributed by atoms with van der Waals surface area (Å²) in [6.45, 7) is 2.84. The van der Waals surface area contributed by atoms with Crippen LogP contribution >= 0.6 is 0 Å². The lowest BCUT2D eigenvalue weighted by Crippen LogP contribution is -2.47. The van der Waals surface area contributed by atoms with Gasteiger partial charge < -0.3 is 15.2 Å². The fourth-order valence-electron chi connectivity index (χ4n) is 0.735. The lowest BCUT2D eigenvalue weighted by atomic mass is 10.2. The first-order valence-electron chi connectivity index (χ1n) is 3.51. The zero-order valence-electron chi connectivity index (χ0n) is 7.33. The molecule has 0 aromatic rings. The minimum absolute atomic E-state index is 0.383. The number of hydrogen-bond acceptors (Lipinski definition) is 3. The molecule has 0 fully saturated rings. The normalized spacial score (nSPS) is 14.9. The maximum atomic E-state index is 10.5. The van der Waals surface area contributed by atoms with Gasteiger partial charge in [0.05, 0.1) is 6.10 Å². The summed E-state index contributed by atoms with van der Waals surface area (Å²) in [5.74, 6) is -1.48. The van der Waals surface area contributed by atoms with Crippen molar-refractivity contribution in [2.24, 2.45) is 0 Å². The summed E-state index contributed by atoms with van der Waals surface area (Å²) in [6.07, 6.45) is -0.536. The average Bonchev–Trinajstić information content (AvgIpc) is 1.98.